The Morgan fingerprint density at radius 1 is 1.08 bits per heavy atom. The Hall–Kier alpha value is -2.33. The zero-order chi connectivity index (χ0) is 17.8. The first-order chi connectivity index (χ1) is 12.1. The van der Waals surface area contributed by atoms with Crippen LogP contribution in [0.3, 0.4) is 0 Å². The van der Waals surface area contributed by atoms with Crippen molar-refractivity contribution in [1.82, 2.24) is 4.90 Å². The van der Waals surface area contributed by atoms with E-state index in [1.54, 1.807) is 23.1 Å². The third-order valence-electron chi connectivity index (χ3n) is 4.60. The molecule has 1 aliphatic heterocycles. The number of hydrogen-bond donors (Lipinski definition) is 0. The third kappa shape index (κ3) is 3.85. The smallest absolute Gasteiger partial charge is 0.257 e. The first-order valence-electron chi connectivity index (χ1n) is 8.32. The van der Waals surface area contributed by atoms with Gasteiger partial charge in [-0.1, -0.05) is 41.9 Å². The molecule has 1 heterocycles. The number of ketones is 1. The second-order valence-electron chi connectivity index (χ2n) is 6.14. The lowest BCUT2D eigenvalue weighted by Crippen LogP contribution is -2.40. The van der Waals surface area contributed by atoms with Crippen molar-refractivity contribution in [1.29, 1.82) is 0 Å². The average Bonchev–Trinajstić information content (AvgIpc) is 2.67. The predicted octanol–water partition coefficient (Wildman–Crippen LogP) is 4.08. The van der Waals surface area contributed by atoms with Gasteiger partial charge in [0.05, 0.1) is 12.7 Å². The van der Waals surface area contributed by atoms with Crippen LogP contribution in [-0.4, -0.2) is 36.8 Å². The molecule has 1 fully saturated rings. The number of ether oxygens (including phenoxy) is 1. The van der Waals surface area contributed by atoms with Gasteiger partial charge in [-0.15, -0.1) is 0 Å². The lowest BCUT2D eigenvalue weighted by atomic mass is 9.88. The Bertz CT molecular complexity index is 768. The number of methoxy groups -OCH3 is 1. The predicted molar refractivity (Wildman–Crippen MR) is 97.4 cm³/mol. The fraction of sp³-hybridized carbons (Fsp3) is 0.300. The summed E-state index contributed by atoms with van der Waals surface area (Å²) in [5, 5.41) is 0.498. The molecule has 0 bridgehead atoms. The summed E-state index contributed by atoms with van der Waals surface area (Å²) >= 11 is 6.02. The van der Waals surface area contributed by atoms with Crippen LogP contribution in [0.5, 0.6) is 5.75 Å². The van der Waals surface area contributed by atoms with Crippen molar-refractivity contribution in [3.63, 3.8) is 0 Å². The topological polar surface area (TPSA) is 46.6 Å². The summed E-state index contributed by atoms with van der Waals surface area (Å²) in [6, 6.07) is 14.4. The van der Waals surface area contributed by atoms with E-state index >= 15 is 0 Å². The quantitative estimate of drug-likeness (QED) is 0.774. The van der Waals surface area contributed by atoms with Crippen molar-refractivity contribution in [3.05, 3.63) is 64.7 Å². The average molecular weight is 358 g/mol. The monoisotopic (exact) mass is 357 g/mol. The fourth-order valence-electron chi connectivity index (χ4n) is 3.20. The highest BCUT2D eigenvalue weighted by Crippen LogP contribution is 2.27. The number of halogens is 1. The molecule has 4 nitrogen and oxygen atoms in total. The van der Waals surface area contributed by atoms with Gasteiger partial charge in [0, 0.05) is 29.6 Å². The summed E-state index contributed by atoms with van der Waals surface area (Å²) in [5.41, 5.74) is 1.20. The SMILES string of the molecule is COc1ccc(Cl)cc1C(=O)N1CCC(C(=O)c2ccccc2)CC1. The van der Waals surface area contributed by atoms with Gasteiger partial charge in [0.2, 0.25) is 0 Å². The molecule has 0 spiro atoms. The molecule has 5 heteroatoms. The number of amides is 1. The molecule has 2 aromatic rings. The van der Waals surface area contributed by atoms with Crippen LogP contribution in [0.2, 0.25) is 5.02 Å². The number of Topliss-reactive ketones (excluding diaryl/α,β-unsaturated/α-hetero) is 1. The van der Waals surface area contributed by atoms with E-state index in [9.17, 15) is 9.59 Å². The standard InChI is InChI=1S/C20H20ClNO3/c1-25-18-8-7-16(21)13-17(18)20(24)22-11-9-15(10-12-22)19(23)14-5-3-2-4-6-14/h2-8,13,15H,9-12H2,1H3. The number of carbonyl (C=O) groups excluding carboxylic acids is 2. The highest BCUT2D eigenvalue weighted by atomic mass is 35.5. The summed E-state index contributed by atoms with van der Waals surface area (Å²) in [4.78, 5) is 27.1. The van der Waals surface area contributed by atoms with Crippen LogP contribution in [0.4, 0.5) is 0 Å². The maximum absolute atomic E-state index is 12.8. The minimum Gasteiger partial charge on any atom is -0.496 e. The van der Waals surface area contributed by atoms with Gasteiger partial charge in [-0.2, -0.15) is 0 Å². The molecule has 1 amide bonds. The van der Waals surface area contributed by atoms with E-state index in [1.165, 1.54) is 7.11 Å². The van der Waals surface area contributed by atoms with E-state index in [-0.39, 0.29) is 17.6 Å². The van der Waals surface area contributed by atoms with Crippen LogP contribution in [0.15, 0.2) is 48.5 Å². The van der Waals surface area contributed by atoms with Crippen LogP contribution >= 0.6 is 11.6 Å². The maximum atomic E-state index is 12.8. The van der Waals surface area contributed by atoms with E-state index in [0.29, 0.717) is 42.3 Å². The molecule has 0 N–H and O–H groups in total. The van der Waals surface area contributed by atoms with Crippen molar-refractivity contribution in [3.8, 4) is 5.75 Å². The van der Waals surface area contributed by atoms with Crippen molar-refractivity contribution >= 4 is 23.3 Å². The molecule has 0 aromatic heterocycles. The van der Waals surface area contributed by atoms with Crippen molar-refractivity contribution in [2.24, 2.45) is 5.92 Å². The molecule has 0 radical (unpaired) electrons. The number of piperidine rings is 1. The number of benzene rings is 2. The van der Waals surface area contributed by atoms with Crippen LogP contribution < -0.4 is 4.74 Å². The molecule has 3 rings (SSSR count). The van der Waals surface area contributed by atoms with E-state index in [2.05, 4.69) is 0 Å². The zero-order valence-electron chi connectivity index (χ0n) is 14.1. The summed E-state index contributed by atoms with van der Waals surface area (Å²) in [6.07, 6.45) is 1.34. The molecular weight excluding hydrogens is 338 g/mol. The highest BCUT2D eigenvalue weighted by molar-refractivity contribution is 6.31. The second-order valence-corrected chi connectivity index (χ2v) is 6.58. The number of nitrogens with zero attached hydrogens (tertiary/aromatic N) is 1. The Labute approximate surface area is 152 Å². The Morgan fingerprint density at radius 3 is 2.40 bits per heavy atom. The lowest BCUT2D eigenvalue weighted by Gasteiger charge is -2.31. The van der Waals surface area contributed by atoms with E-state index in [1.807, 2.05) is 30.3 Å². The summed E-state index contributed by atoms with van der Waals surface area (Å²) < 4.78 is 5.27. The molecular formula is C20H20ClNO3. The molecule has 2 aromatic carbocycles. The van der Waals surface area contributed by atoms with E-state index in [4.69, 9.17) is 16.3 Å². The number of rotatable bonds is 4. The van der Waals surface area contributed by atoms with Crippen LogP contribution in [0.25, 0.3) is 0 Å². The minimum atomic E-state index is -0.107. The van der Waals surface area contributed by atoms with Crippen molar-refractivity contribution < 1.29 is 14.3 Å². The summed E-state index contributed by atoms with van der Waals surface area (Å²) in [6.45, 7) is 1.11. The number of carbonyl (C=O) groups is 2. The van der Waals surface area contributed by atoms with Gasteiger partial charge in [-0.25, -0.2) is 0 Å². The van der Waals surface area contributed by atoms with Crippen molar-refractivity contribution in [2.45, 2.75) is 12.8 Å². The van der Waals surface area contributed by atoms with Crippen LogP contribution in [0.1, 0.15) is 33.6 Å². The Morgan fingerprint density at radius 2 is 1.76 bits per heavy atom. The first kappa shape index (κ1) is 17.5. The molecule has 0 saturated carbocycles. The Balaban J connectivity index is 1.67. The van der Waals surface area contributed by atoms with Crippen LogP contribution in [-0.2, 0) is 0 Å². The van der Waals surface area contributed by atoms with E-state index in [0.717, 1.165) is 5.56 Å². The first-order valence-corrected chi connectivity index (χ1v) is 8.70. The lowest BCUT2D eigenvalue weighted by molar-refractivity contribution is 0.0647. The maximum Gasteiger partial charge on any atom is 0.257 e. The van der Waals surface area contributed by atoms with Gasteiger partial charge in [-0.05, 0) is 31.0 Å². The van der Waals surface area contributed by atoms with Gasteiger partial charge in [0.25, 0.3) is 5.91 Å². The second kappa shape index (κ2) is 7.70. The fourth-order valence-corrected chi connectivity index (χ4v) is 3.37. The molecule has 0 aliphatic carbocycles. The van der Waals surface area contributed by atoms with Gasteiger partial charge in [0.1, 0.15) is 5.75 Å². The van der Waals surface area contributed by atoms with E-state index < -0.39 is 0 Å². The highest BCUT2D eigenvalue weighted by Gasteiger charge is 2.29. The van der Waals surface area contributed by atoms with Gasteiger partial charge < -0.3 is 9.64 Å². The largest absolute Gasteiger partial charge is 0.496 e. The summed E-state index contributed by atoms with van der Waals surface area (Å²) in [7, 11) is 1.53. The third-order valence-corrected chi connectivity index (χ3v) is 4.84. The minimum absolute atomic E-state index is 0.0345. The molecule has 0 unspecified atom stereocenters. The molecule has 1 saturated heterocycles. The molecule has 1 aliphatic rings. The Kier molecular flexibility index (Phi) is 5.39. The van der Waals surface area contributed by atoms with Crippen molar-refractivity contribution in [2.75, 3.05) is 20.2 Å². The number of likely N-dealkylation sites (tertiary alicyclic amines) is 1. The van der Waals surface area contributed by atoms with Gasteiger partial charge >= 0.3 is 0 Å². The van der Waals surface area contributed by atoms with Crippen LogP contribution in [0, 0.1) is 5.92 Å². The number of hydrogen-bond acceptors (Lipinski definition) is 3. The molecule has 25 heavy (non-hydrogen) atoms. The van der Waals surface area contributed by atoms with Gasteiger partial charge in [-0.3, -0.25) is 9.59 Å². The zero-order valence-corrected chi connectivity index (χ0v) is 14.8. The normalized spacial score (nSPS) is 15.0. The molecule has 130 valence electrons. The molecule has 0 atom stereocenters. The summed E-state index contributed by atoms with van der Waals surface area (Å²) in [5.74, 6) is 0.530. The van der Waals surface area contributed by atoms with Gasteiger partial charge in [0.15, 0.2) is 5.78 Å².